The number of rotatable bonds is 8. The first-order valence-electron chi connectivity index (χ1n) is 11.2. The number of likely N-dealkylation sites (N-methyl/N-ethyl adjacent to an activating group) is 1. The maximum Gasteiger partial charge on any atom is 0.241 e. The minimum Gasteiger partial charge on any atom is -0.492 e. The Morgan fingerprint density at radius 2 is 1.78 bits per heavy atom. The molecule has 2 aromatic rings. The summed E-state index contributed by atoms with van der Waals surface area (Å²) in [6, 6.07) is 15.3. The third-order valence-corrected chi connectivity index (χ3v) is 6.52. The summed E-state index contributed by atoms with van der Waals surface area (Å²) in [5, 5.41) is 0. The molecule has 0 N–H and O–H groups in total. The van der Waals surface area contributed by atoms with Crippen LogP contribution < -0.4 is 4.74 Å². The van der Waals surface area contributed by atoms with Gasteiger partial charge in [0.1, 0.15) is 12.4 Å². The lowest BCUT2D eigenvalue weighted by Crippen LogP contribution is -2.44. The number of carbonyl (C=O) groups is 3. The number of ether oxygens (including phenoxy) is 1. The molecule has 0 radical (unpaired) electrons. The van der Waals surface area contributed by atoms with Gasteiger partial charge in [-0.25, -0.2) is 0 Å². The Morgan fingerprint density at radius 1 is 1.09 bits per heavy atom. The van der Waals surface area contributed by atoms with E-state index in [0.29, 0.717) is 13.2 Å². The number of amides is 3. The molecule has 2 aromatic carbocycles. The van der Waals surface area contributed by atoms with Crippen molar-refractivity contribution in [1.29, 1.82) is 0 Å². The zero-order valence-electron chi connectivity index (χ0n) is 19.0. The Hall–Kier alpha value is -3.15. The van der Waals surface area contributed by atoms with Crippen LogP contribution in [0.2, 0.25) is 0 Å². The fraction of sp³-hybridized carbons (Fsp3) is 0.423. The van der Waals surface area contributed by atoms with Gasteiger partial charge in [-0.3, -0.25) is 19.3 Å². The summed E-state index contributed by atoms with van der Waals surface area (Å²) >= 11 is 0. The quantitative estimate of drug-likeness (QED) is 0.598. The standard InChI is InChI=1S/C26H30N2O4/c1-18-8-12-21(13-9-18)32-15-14-27(3)23(29)16-26(22-7-5-4-6-19(22)2)17-24(30)28(25(26)31)20-10-11-20/h4-9,12-13,20H,10-11,14-17H2,1-3H3. The van der Waals surface area contributed by atoms with Gasteiger partial charge in [-0.1, -0.05) is 42.0 Å². The van der Waals surface area contributed by atoms with Crippen molar-refractivity contribution in [1.82, 2.24) is 9.80 Å². The average Bonchev–Trinajstić information content (AvgIpc) is 3.56. The maximum absolute atomic E-state index is 13.6. The molecule has 3 amide bonds. The topological polar surface area (TPSA) is 66.9 Å². The second kappa shape index (κ2) is 8.77. The number of benzene rings is 2. The predicted molar refractivity (Wildman–Crippen MR) is 121 cm³/mol. The van der Waals surface area contributed by atoms with Crippen molar-refractivity contribution in [3.63, 3.8) is 0 Å². The summed E-state index contributed by atoms with van der Waals surface area (Å²) in [4.78, 5) is 42.6. The van der Waals surface area contributed by atoms with Crippen LogP contribution in [-0.2, 0) is 19.8 Å². The van der Waals surface area contributed by atoms with E-state index in [1.54, 1.807) is 11.9 Å². The summed E-state index contributed by atoms with van der Waals surface area (Å²) < 4.78 is 5.75. The van der Waals surface area contributed by atoms with Crippen LogP contribution in [0.15, 0.2) is 48.5 Å². The second-order valence-electron chi connectivity index (χ2n) is 9.03. The van der Waals surface area contributed by atoms with Crippen LogP contribution in [0.1, 0.15) is 42.4 Å². The van der Waals surface area contributed by atoms with Crippen molar-refractivity contribution in [3.05, 3.63) is 65.2 Å². The van der Waals surface area contributed by atoms with E-state index in [0.717, 1.165) is 35.3 Å². The van der Waals surface area contributed by atoms with Gasteiger partial charge in [0.15, 0.2) is 0 Å². The molecule has 0 bridgehead atoms. The Labute approximate surface area is 189 Å². The van der Waals surface area contributed by atoms with Gasteiger partial charge >= 0.3 is 0 Å². The highest BCUT2D eigenvalue weighted by Gasteiger charge is 2.57. The van der Waals surface area contributed by atoms with E-state index >= 15 is 0 Å². The van der Waals surface area contributed by atoms with E-state index < -0.39 is 5.41 Å². The van der Waals surface area contributed by atoms with E-state index in [1.165, 1.54) is 4.90 Å². The Balaban J connectivity index is 1.49. The molecule has 1 unspecified atom stereocenters. The second-order valence-corrected chi connectivity index (χ2v) is 9.03. The molecule has 4 rings (SSSR count). The Kier molecular flexibility index (Phi) is 6.04. The average molecular weight is 435 g/mol. The minimum atomic E-state index is -1.13. The number of hydrogen-bond donors (Lipinski definition) is 0. The smallest absolute Gasteiger partial charge is 0.241 e. The number of hydrogen-bond acceptors (Lipinski definition) is 4. The van der Waals surface area contributed by atoms with Gasteiger partial charge in [-0.15, -0.1) is 0 Å². The normalized spacial score (nSPS) is 20.5. The van der Waals surface area contributed by atoms with Gasteiger partial charge in [-0.05, 0) is 49.9 Å². The van der Waals surface area contributed by atoms with Crippen molar-refractivity contribution in [2.24, 2.45) is 0 Å². The van der Waals surface area contributed by atoms with Crippen LogP contribution in [0, 0.1) is 13.8 Å². The van der Waals surface area contributed by atoms with Gasteiger partial charge in [0.2, 0.25) is 17.7 Å². The molecule has 0 aromatic heterocycles. The third-order valence-electron chi connectivity index (χ3n) is 6.52. The first-order chi connectivity index (χ1) is 15.3. The molecule has 6 nitrogen and oxygen atoms in total. The fourth-order valence-electron chi connectivity index (χ4n) is 4.47. The van der Waals surface area contributed by atoms with Crippen molar-refractivity contribution >= 4 is 17.7 Å². The van der Waals surface area contributed by atoms with Gasteiger partial charge in [-0.2, -0.15) is 0 Å². The molecule has 0 spiro atoms. The number of carbonyl (C=O) groups excluding carboxylic acids is 3. The lowest BCUT2D eigenvalue weighted by molar-refractivity contribution is -0.143. The zero-order chi connectivity index (χ0) is 22.9. The van der Waals surface area contributed by atoms with Gasteiger partial charge in [0, 0.05) is 25.9 Å². The molecule has 168 valence electrons. The minimum absolute atomic E-state index is 0.00312. The summed E-state index contributed by atoms with van der Waals surface area (Å²) in [5.74, 6) is 0.194. The highest BCUT2D eigenvalue weighted by Crippen LogP contribution is 2.45. The molecule has 2 aliphatic rings. The molecule has 1 heterocycles. The molecule has 1 aliphatic heterocycles. The van der Waals surface area contributed by atoms with E-state index in [2.05, 4.69) is 0 Å². The predicted octanol–water partition coefficient (Wildman–Crippen LogP) is 3.39. The first-order valence-corrected chi connectivity index (χ1v) is 11.2. The number of aryl methyl sites for hydroxylation is 2. The molecule has 1 aliphatic carbocycles. The highest BCUT2D eigenvalue weighted by molar-refractivity contribution is 6.11. The van der Waals surface area contributed by atoms with Crippen molar-refractivity contribution in [2.45, 2.75) is 51.0 Å². The van der Waals surface area contributed by atoms with Crippen LogP contribution in [-0.4, -0.2) is 53.8 Å². The van der Waals surface area contributed by atoms with E-state index in [4.69, 9.17) is 4.74 Å². The fourth-order valence-corrected chi connectivity index (χ4v) is 4.47. The molecule has 1 saturated carbocycles. The molecule has 1 saturated heterocycles. The zero-order valence-corrected chi connectivity index (χ0v) is 19.0. The number of likely N-dealkylation sites (tertiary alicyclic amines) is 1. The summed E-state index contributed by atoms with van der Waals surface area (Å²) in [6.45, 7) is 4.69. The molecule has 2 fully saturated rings. The van der Waals surface area contributed by atoms with Crippen molar-refractivity contribution in [3.8, 4) is 5.75 Å². The Morgan fingerprint density at radius 3 is 2.44 bits per heavy atom. The van der Waals surface area contributed by atoms with Crippen molar-refractivity contribution in [2.75, 3.05) is 20.2 Å². The summed E-state index contributed by atoms with van der Waals surface area (Å²) in [6.07, 6.45) is 1.73. The first kappa shape index (κ1) is 22.1. The molecule has 32 heavy (non-hydrogen) atoms. The SMILES string of the molecule is Cc1ccc(OCCN(C)C(=O)CC2(c3ccccc3C)CC(=O)N(C3CC3)C2=O)cc1. The monoisotopic (exact) mass is 434 g/mol. The van der Waals surface area contributed by atoms with Crippen LogP contribution in [0.3, 0.4) is 0 Å². The molecule has 1 atom stereocenters. The summed E-state index contributed by atoms with van der Waals surface area (Å²) in [5.41, 5.74) is 1.72. The third kappa shape index (κ3) is 4.27. The number of imide groups is 1. The van der Waals surface area contributed by atoms with Gasteiger partial charge in [0.25, 0.3) is 0 Å². The maximum atomic E-state index is 13.6. The van der Waals surface area contributed by atoms with E-state index in [9.17, 15) is 14.4 Å². The summed E-state index contributed by atoms with van der Waals surface area (Å²) in [7, 11) is 1.71. The van der Waals surface area contributed by atoms with Crippen LogP contribution in [0.5, 0.6) is 5.75 Å². The van der Waals surface area contributed by atoms with Crippen LogP contribution in [0.25, 0.3) is 0 Å². The van der Waals surface area contributed by atoms with E-state index in [1.807, 2.05) is 62.4 Å². The van der Waals surface area contributed by atoms with Gasteiger partial charge < -0.3 is 9.64 Å². The lowest BCUT2D eigenvalue weighted by atomic mass is 9.74. The molecular formula is C26H30N2O4. The molecular weight excluding hydrogens is 404 g/mol. The van der Waals surface area contributed by atoms with Crippen LogP contribution in [0.4, 0.5) is 0 Å². The van der Waals surface area contributed by atoms with E-state index in [-0.39, 0.29) is 36.6 Å². The van der Waals surface area contributed by atoms with Crippen molar-refractivity contribution < 1.29 is 19.1 Å². The molecule has 6 heteroatoms. The lowest BCUT2D eigenvalue weighted by Gasteiger charge is -2.30. The Bertz CT molecular complexity index is 1030. The highest BCUT2D eigenvalue weighted by atomic mass is 16.5. The van der Waals surface area contributed by atoms with Gasteiger partial charge in [0.05, 0.1) is 12.0 Å². The van der Waals surface area contributed by atoms with Crippen LogP contribution >= 0.6 is 0 Å². The number of nitrogens with zero attached hydrogens (tertiary/aromatic N) is 2. The largest absolute Gasteiger partial charge is 0.492 e.